The molecule has 0 aliphatic carbocycles. The Bertz CT molecular complexity index is 673. The first-order chi connectivity index (χ1) is 11.9. The van der Waals surface area contributed by atoms with E-state index in [0.29, 0.717) is 25.3 Å². The van der Waals surface area contributed by atoms with Crippen LogP contribution in [0.1, 0.15) is 42.0 Å². The van der Waals surface area contributed by atoms with Gasteiger partial charge in [0.2, 0.25) is 5.91 Å². The SMILES string of the molecule is Cc1ccc([C@@H]2[C@@H](C(=O)O)CCC(=O)N2C[C@H]2CCN(C)C2)cc1C. The van der Waals surface area contributed by atoms with Gasteiger partial charge in [0.1, 0.15) is 0 Å². The number of aliphatic carboxylic acids is 1. The second-order valence-corrected chi connectivity index (χ2v) is 7.73. The predicted molar refractivity (Wildman–Crippen MR) is 96.3 cm³/mol. The van der Waals surface area contributed by atoms with Crippen LogP contribution in [0.5, 0.6) is 0 Å². The van der Waals surface area contributed by atoms with E-state index < -0.39 is 11.9 Å². The Balaban J connectivity index is 1.93. The van der Waals surface area contributed by atoms with Crippen LogP contribution in [0.15, 0.2) is 18.2 Å². The van der Waals surface area contributed by atoms with Crippen molar-refractivity contribution in [3.05, 3.63) is 34.9 Å². The third-order valence-corrected chi connectivity index (χ3v) is 5.84. The van der Waals surface area contributed by atoms with E-state index >= 15 is 0 Å². The van der Waals surface area contributed by atoms with Crippen molar-refractivity contribution in [2.45, 2.75) is 39.2 Å². The van der Waals surface area contributed by atoms with Gasteiger partial charge in [0.05, 0.1) is 12.0 Å². The summed E-state index contributed by atoms with van der Waals surface area (Å²) in [5.74, 6) is -0.811. The summed E-state index contributed by atoms with van der Waals surface area (Å²) in [5.41, 5.74) is 3.27. The first-order valence-corrected chi connectivity index (χ1v) is 9.14. The number of likely N-dealkylation sites (tertiary alicyclic amines) is 2. The van der Waals surface area contributed by atoms with E-state index in [-0.39, 0.29) is 11.9 Å². The molecular formula is C20H28N2O3. The lowest BCUT2D eigenvalue weighted by Gasteiger charge is -2.41. The molecule has 2 heterocycles. The van der Waals surface area contributed by atoms with Crippen molar-refractivity contribution in [3.63, 3.8) is 0 Å². The molecule has 1 N–H and O–H groups in total. The maximum atomic E-state index is 12.7. The van der Waals surface area contributed by atoms with E-state index in [1.807, 2.05) is 30.9 Å². The summed E-state index contributed by atoms with van der Waals surface area (Å²) in [4.78, 5) is 28.7. The number of nitrogens with zero attached hydrogens (tertiary/aromatic N) is 2. The maximum Gasteiger partial charge on any atom is 0.308 e. The van der Waals surface area contributed by atoms with E-state index in [1.54, 1.807) is 0 Å². The monoisotopic (exact) mass is 344 g/mol. The van der Waals surface area contributed by atoms with Crippen molar-refractivity contribution in [1.82, 2.24) is 9.80 Å². The number of carbonyl (C=O) groups is 2. The molecule has 5 nitrogen and oxygen atoms in total. The summed E-state index contributed by atoms with van der Waals surface area (Å²) in [7, 11) is 2.10. The van der Waals surface area contributed by atoms with Gasteiger partial charge in [-0.15, -0.1) is 0 Å². The van der Waals surface area contributed by atoms with Crippen molar-refractivity contribution in [1.29, 1.82) is 0 Å². The molecule has 1 aromatic rings. The molecule has 0 saturated carbocycles. The Kier molecular flexibility index (Phi) is 5.13. The molecule has 2 saturated heterocycles. The molecule has 3 atom stereocenters. The van der Waals surface area contributed by atoms with Gasteiger partial charge in [-0.2, -0.15) is 0 Å². The lowest BCUT2D eigenvalue weighted by molar-refractivity contribution is -0.152. The van der Waals surface area contributed by atoms with Crippen molar-refractivity contribution in [2.75, 3.05) is 26.7 Å². The highest BCUT2D eigenvalue weighted by Gasteiger charge is 2.41. The van der Waals surface area contributed by atoms with Gasteiger partial charge in [0.15, 0.2) is 0 Å². The van der Waals surface area contributed by atoms with E-state index in [0.717, 1.165) is 30.6 Å². The molecule has 0 unspecified atom stereocenters. The minimum atomic E-state index is -0.802. The standard InChI is InChI=1S/C20H28N2O3/c1-13-4-5-16(10-14(13)2)19-17(20(24)25)6-7-18(23)22(19)12-15-8-9-21(3)11-15/h4-5,10,15,17,19H,6-9,11-12H2,1-3H3,(H,24,25)/t15-,17-,19+/m0/s1. The molecule has 136 valence electrons. The van der Waals surface area contributed by atoms with Gasteiger partial charge in [-0.05, 0) is 62.9 Å². The van der Waals surface area contributed by atoms with Gasteiger partial charge in [0, 0.05) is 19.5 Å². The zero-order valence-electron chi connectivity index (χ0n) is 15.4. The summed E-state index contributed by atoms with van der Waals surface area (Å²) < 4.78 is 0. The van der Waals surface area contributed by atoms with Crippen LogP contribution in [-0.2, 0) is 9.59 Å². The molecule has 0 spiro atoms. The topological polar surface area (TPSA) is 60.9 Å². The molecule has 2 aliphatic rings. The number of aryl methyl sites for hydroxylation is 2. The second-order valence-electron chi connectivity index (χ2n) is 7.73. The summed E-state index contributed by atoms with van der Waals surface area (Å²) in [5, 5.41) is 9.75. The third-order valence-electron chi connectivity index (χ3n) is 5.84. The van der Waals surface area contributed by atoms with Gasteiger partial charge in [-0.25, -0.2) is 0 Å². The smallest absolute Gasteiger partial charge is 0.308 e. The number of benzene rings is 1. The van der Waals surface area contributed by atoms with Crippen molar-refractivity contribution in [3.8, 4) is 0 Å². The van der Waals surface area contributed by atoms with Crippen LogP contribution >= 0.6 is 0 Å². The first kappa shape index (κ1) is 17.9. The molecule has 0 radical (unpaired) electrons. The van der Waals surface area contributed by atoms with Gasteiger partial charge in [-0.3, -0.25) is 9.59 Å². The van der Waals surface area contributed by atoms with E-state index in [1.165, 1.54) is 5.56 Å². The number of hydrogen-bond acceptors (Lipinski definition) is 3. The van der Waals surface area contributed by atoms with Crippen LogP contribution in [0.3, 0.4) is 0 Å². The highest BCUT2D eigenvalue weighted by Crippen LogP contribution is 2.38. The molecule has 5 heteroatoms. The van der Waals surface area contributed by atoms with Gasteiger partial charge < -0.3 is 14.9 Å². The normalized spacial score (nSPS) is 27.7. The van der Waals surface area contributed by atoms with E-state index in [9.17, 15) is 14.7 Å². The minimum absolute atomic E-state index is 0.0929. The van der Waals surface area contributed by atoms with Gasteiger partial charge in [-0.1, -0.05) is 18.2 Å². The van der Waals surface area contributed by atoms with Crippen molar-refractivity contribution < 1.29 is 14.7 Å². The van der Waals surface area contributed by atoms with E-state index in [4.69, 9.17) is 0 Å². The molecule has 2 fully saturated rings. The first-order valence-electron chi connectivity index (χ1n) is 9.14. The zero-order valence-corrected chi connectivity index (χ0v) is 15.4. The fourth-order valence-corrected chi connectivity index (χ4v) is 4.24. The van der Waals surface area contributed by atoms with Crippen LogP contribution in [-0.4, -0.2) is 53.5 Å². The van der Waals surface area contributed by atoms with Crippen LogP contribution in [0.25, 0.3) is 0 Å². The van der Waals surface area contributed by atoms with Crippen LogP contribution < -0.4 is 0 Å². The van der Waals surface area contributed by atoms with Gasteiger partial charge in [0.25, 0.3) is 0 Å². The number of amides is 1. The van der Waals surface area contributed by atoms with E-state index in [2.05, 4.69) is 18.0 Å². The number of rotatable bonds is 4. The second kappa shape index (κ2) is 7.16. The Labute approximate surface area is 149 Å². The molecule has 0 aromatic heterocycles. The number of hydrogen-bond donors (Lipinski definition) is 1. The summed E-state index contributed by atoms with van der Waals surface area (Å²) in [6.07, 6.45) is 1.82. The molecule has 1 aromatic carbocycles. The summed E-state index contributed by atoms with van der Waals surface area (Å²) in [6, 6.07) is 5.73. The molecule has 3 rings (SSSR count). The molecule has 1 amide bonds. The molecule has 0 bridgehead atoms. The zero-order chi connectivity index (χ0) is 18.1. The number of carbonyl (C=O) groups excluding carboxylic acids is 1. The number of carboxylic acid groups (broad SMARTS) is 1. The highest BCUT2D eigenvalue weighted by atomic mass is 16.4. The largest absolute Gasteiger partial charge is 0.481 e. The Morgan fingerprint density at radius 3 is 2.60 bits per heavy atom. The quantitative estimate of drug-likeness (QED) is 0.912. The van der Waals surface area contributed by atoms with Crippen LogP contribution in [0, 0.1) is 25.7 Å². The fourth-order valence-electron chi connectivity index (χ4n) is 4.24. The number of piperidine rings is 1. The van der Waals surface area contributed by atoms with Crippen molar-refractivity contribution >= 4 is 11.9 Å². The molecule has 25 heavy (non-hydrogen) atoms. The Morgan fingerprint density at radius 1 is 1.24 bits per heavy atom. The maximum absolute atomic E-state index is 12.7. The minimum Gasteiger partial charge on any atom is -0.481 e. The average molecular weight is 344 g/mol. The van der Waals surface area contributed by atoms with Crippen LogP contribution in [0.2, 0.25) is 0 Å². The Hall–Kier alpha value is -1.88. The molecular weight excluding hydrogens is 316 g/mol. The summed E-state index contributed by atoms with van der Waals surface area (Å²) >= 11 is 0. The fraction of sp³-hybridized carbons (Fsp3) is 0.600. The highest BCUT2D eigenvalue weighted by molar-refractivity contribution is 5.81. The molecule has 2 aliphatic heterocycles. The lowest BCUT2D eigenvalue weighted by atomic mass is 9.83. The Morgan fingerprint density at radius 2 is 2.00 bits per heavy atom. The summed E-state index contributed by atoms with van der Waals surface area (Å²) in [6.45, 7) is 6.76. The average Bonchev–Trinajstić information content (AvgIpc) is 2.97. The van der Waals surface area contributed by atoms with Gasteiger partial charge >= 0.3 is 5.97 Å². The lowest BCUT2D eigenvalue weighted by Crippen LogP contribution is -2.47. The van der Waals surface area contributed by atoms with Crippen LogP contribution in [0.4, 0.5) is 0 Å². The number of carboxylic acids is 1. The van der Waals surface area contributed by atoms with Crippen molar-refractivity contribution in [2.24, 2.45) is 11.8 Å². The third kappa shape index (κ3) is 3.71. The predicted octanol–water partition coefficient (Wildman–Crippen LogP) is 2.62.